The van der Waals surface area contributed by atoms with Gasteiger partial charge in [-0.3, -0.25) is 0 Å². The maximum Gasteiger partial charge on any atom is 0.182 e. The summed E-state index contributed by atoms with van der Waals surface area (Å²) in [5.74, 6) is -0.0227. The summed E-state index contributed by atoms with van der Waals surface area (Å²) < 4.78 is 25.0. The van der Waals surface area contributed by atoms with Gasteiger partial charge in [-0.05, 0) is 40.1 Å². The van der Waals surface area contributed by atoms with Gasteiger partial charge in [-0.15, -0.1) is 0 Å². The summed E-state index contributed by atoms with van der Waals surface area (Å²) >= 11 is 1.58. The molecule has 22 heavy (non-hydrogen) atoms. The van der Waals surface area contributed by atoms with Crippen LogP contribution in [0.1, 0.15) is 5.56 Å². The third-order valence-corrected chi connectivity index (χ3v) is 5.78. The second-order valence-electron chi connectivity index (χ2n) is 5.01. The molecule has 0 aliphatic rings. The van der Waals surface area contributed by atoms with E-state index in [0.717, 1.165) is 16.7 Å². The predicted octanol–water partition coefficient (Wildman–Crippen LogP) is 3.97. The van der Waals surface area contributed by atoms with Gasteiger partial charge in [-0.25, -0.2) is 8.42 Å². The van der Waals surface area contributed by atoms with Crippen molar-refractivity contribution in [2.24, 2.45) is 0 Å². The van der Waals surface area contributed by atoms with E-state index in [2.05, 4.69) is 0 Å². The van der Waals surface area contributed by atoms with Gasteiger partial charge in [0.05, 0.1) is 10.6 Å². The van der Waals surface area contributed by atoms with Crippen molar-refractivity contribution in [1.82, 2.24) is 0 Å². The van der Waals surface area contributed by atoms with E-state index in [9.17, 15) is 8.42 Å². The molecule has 112 valence electrons. The minimum absolute atomic E-state index is 0.0227. The quantitative estimate of drug-likeness (QED) is 0.737. The van der Waals surface area contributed by atoms with E-state index in [-0.39, 0.29) is 10.6 Å². The van der Waals surface area contributed by atoms with E-state index >= 15 is 0 Å². The Morgan fingerprint density at radius 1 is 1.00 bits per heavy atom. The van der Waals surface area contributed by atoms with Crippen LogP contribution in [0, 0.1) is 0 Å². The molecule has 0 spiro atoms. The molecule has 0 amide bonds. The zero-order valence-corrected chi connectivity index (χ0v) is 13.4. The lowest BCUT2D eigenvalue weighted by Crippen LogP contribution is -2.06. The van der Waals surface area contributed by atoms with E-state index in [1.165, 1.54) is 0 Å². The number of thiophene rings is 1. The molecule has 3 rings (SSSR count). The minimum Gasteiger partial charge on any atom is -0.398 e. The lowest BCUT2D eigenvalue weighted by Gasteiger charge is -2.09. The molecule has 0 atom stereocenters. The number of hydrogen-bond acceptors (Lipinski definition) is 4. The third kappa shape index (κ3) is 3.05. The monoisotopic (exact) mass is 329 g/mol. The molecule has 2 N–H and O–H groups in total. The number of sulfone groups is 1. The van der Waals surface area contributed by atoms with Crippen LogP contribution in [0.2, 0.25) is 0 Å². The molecule has 0 unspecified atom stereocenters. The maximum atomic E-state index is 12.5. The molecule has 3 aromatic rings. The van der Waals surface area contributed by atoms with Gasteiger partial charge in [0.2, 0.25) is 0 Å². The smallest absolute Gasteiger partial charge is 0.182 e. The van der Waals surface area contributed by atoms with E-state index in [1.807, 2.05) is 35.0 Å². The normalized spacial score (nSPS) is 11.5. The fourth-order valence-corrected chi connectivity index (χ4v) is 4.33. The van der Waals surface area contributed by atoms with Gasteiger partial charge in [-0.1, -0.05) is 36.4 Å². The molecule has 5 heteroatoms. The summed E-state index contributed by atoms with van der Waals surface area (Å²) in [5, 5.41) is 3.96. The summed E-state index contributed by atoms with van der Waals surface area (Å²) in [6, 6.07) is 16.1. The average Bonchev–Trinajstić information content (AvgIpc) is 3.01. The lowest BCUT2D eigenvalue weighted by atomic mass is 10.1. The van der Waals surface area contributed by atoms with Crippen LogP contribution in [0.4, 0.5) is 5.69 Å². The van der Waals surface area contributed by atoms with Crippen LogP contribution in [-0.4, -0.2) is 8.42 Å². The van der Waals surface area contributed by atoms with Gasteiger partial charge in [0.15, 0.2) is 9.84 Å². The first kappa shape index (κ1) is 14.8. The standard InChI is InChI=1S/C17H15NO2S2/c18-17-10-15(6-7-16(17)14-8-9-21-11-14)22(19,20)12-13-4-2-1-3-5-13/h1-11H,12,18H2. The highest BCUT2D eigenvalue weighted by Crippen LogP contribution is 2.30. The topological polar surface area (TPSA) is 60.2 Å². The van der Waals surface area contributed by atoms with Crippen LogP contribution in [-0.2, 0) is 15.6 Å². The zero-order valence-electron chi connectivity index (χ0n) is 11.8. The van der Waals surface area contributed by atoms with Gasteiger partial charge in [0, 0.05) is 11.3 Å². The summed E-state index contributed by atoms with van der Waals surface area (Å²) in [7, 11) is -3.40. The predicted molar refractivity (Wildman–Crippen MR) is 91.5 cm³/mol. The summed E-state index contributed by atoms with van der Waals surface area (Å²) in [6.45, 7) is 0. The molecule has 0 saturated heterocycles. The molecule has 0 bridgehead atoms. The molecule has 0 saturated carbocycles. The zero-order chi connectivity index (χ0) is 15.6. The van der Waals surface area contributed by atoms with Crippen molar-refractivity contribution >= 4 is 26.9 Å². The number of benzene rings is 2. The molecule has 3 nitrogen and oxygen atoms in total. The van der Waals surface area contributed by atoms with E-state index < -0.39 is 9.84 Å². The number of anilines is 1. The van der Waals surface area contributed by atoms with Crippen molar-refractivity contribution in [2.75, 3.05) is 5.73 Å². The second kappa shape index (κ2) is 5.94. The fraction of sp³-hybridized carbons (Fsp3) is 0.0588. The molecule has 0 aliphatic heterocycles. The first-order chi connectivity index (χ1) is 10.6. The third-order valence-electron chi connectivity index (χ3n) is 3.41. The molecule has 1 aromatic heterocycles. The summed E-state index contributed by atoms with van der Waals surface area (Å²) in [6.07, 6.45) is 0. The van der Waals surface area contributed by atoms with Gasteiger partial charge in [-0.2, -0.15) is 11.3 Å². The van der Waals surface area contributed by atoms with Gasteiger partial charge < -0.3 is 5.73 Å². The lowest BCUT2D eigenvalue weighted by molar-refractivity contribution is 0.595. The van der Waals surface area contributed by atoms with Crippen molar-refractivity contribution in [3.8, 4) is 11.1 Å². The van der Waals surface area contributed by atoms with Gasteiger partial charge in [0.25, 0.3) is 0 Å². The molecule has 0 aliphatic carbocycles. The van der Waals surface area contributed by atoms with Crippen molar-refractivity contribution < 1.29 is 8.42 Å². The molecule has 0 fully saturated rings. The first-order valence-corrected chi connectivity index (χ1v) is 9.34. The highest BCUT2D eigenvalue weighted by Gasteiger charge is 2.17. The second-order valence-corrected chi connectivity index (χ2v) is 7.78. The summed E-state index contributed by atoms with van der Waals surface area (Å²) in [5.41, 5.74) is 9.16. The highest BCUT2D eigenvalue weighted by molar-refractivity contribution is 7.90. The van der Waals surface area contributed by atoms with Crippen LogP contribution < -0.4 is 5.73 Å². The molecular formula is C17H15NO2S2. The van der Waals surface area contributed by atoms with Crippen LogP contribution in [0.25, 0.3) is 11.1 Å². The Labute approximate surface area is 134 Å². The van der Waals surface area contributed by atoms with E-state index in [0.29, 0.717) is 5.69 Å². The SMILES string of the molecule is Nc1cc(S(=O)(=O)Cc2ccccc2)ccc1-c1ccsc1. The van der Waals surface area contributed by atoms with Crippen molar-refractivity contribution in [2.45, 2.75) is 10.6 Å². The Balaban J connectivity index is 1.93. The Hall–Kier alpha value is -2.11. The fourth-order valence-electron chi connectivity index (χ4n) is 2.29. The van der Waals surface area contributed by atoms with Crippen molar-refractivity contribution in [1.29, 1.82) is 0 Å². The first-order valence-electron chi connectivity index (χ1n) is 6.75. The van der Waals surface area contributed by atoms with E-state index in [1.54, 1.807) is 41.7 Å². The molecular weight excluding hydrogens is 314 g/mol. The number of hydrogen-bond donors (Lipinski definition) is 1. The van der Waals surface area contributed by atoms with Crippen LogP contribution in [0.15, 0.2) is 70.3 Å². The Morgan fingerprint density at radius 2 is 1.77 bits per heavy atom. The average molecular weight is 329 g/mol. The molecule has 1 heterocycles. The number of rotatable bonds is 4. The summed E-state index contributed by atoms with van der Waals surface area (Å²) in [4.78, 5) is 0.257. The van der Waals surface area contributed by atoms with Crippen LogP contribution in [0.3, 0.4) is 0 Å². The molecule has 2 aromatic carbocycles. The van der Waals surface area contributed by atoms with Crippen LogP contribution >= 0.6 is 11.3 Å². The Bertz CT molecular complexity index is 870. The maximum absolute atomic E-state index is 12.5. The van der Waals surface area contributed by atoms with E-state index in [4.69, 9.17) is 5.73 Å². The Morgan fingerprint density at radius 3 is 2.41 bits per heavy atom. The van der Waals surface area contributed by atoms with Crippen LogP contribution in [0.5, 0.6) is 0 Å². The highest BCUT2D eigenvalue weighted by atomic mass is 32.2. The number of nitrogen functional groups attached to an aromatic ring is 1. The number of nitrogens with two attached hydrogens (primary N) is 1. The van der Waals surface area contributed by atoms with Gasteiger partial charge >= 0.3 is 0 Å². The van der Waals surface area contributed by atoms with Crippen molar-refractivity contribution in [3.05, 3.63) is 70.9 Å². The molecule has 0 radical (unpaired) electrons. The van der Waals surface area contributed by atoms with Gasteiger partial charge in [0.1, 0.15) is 0 Å². The largest absolute Gasteiger partial charge is 0.398 e. The Kier molecular flexibility index (Phi) is 4.00. The van der Waals surface area contributed by atoms with Crippen molar-refractivity contribution in [3.63, 3.8) is 0 Å². The minimum atomic E-state index is -3.40.